The van der Waals surface area contributed by atoms with Gasteiger partial charge in [-0.1, -0.05) is 6.42 Å². The van der Waals surface area contributed by atoms with Gasteiger partial charge in [0, 0.05) is 31.0 Å². The predicted molar refractivity (Wildman–Crippen MR) is 81.8 cm³/mol. The molecule has 2 aliphatic carbocycles. The highest BCUT2D eigenvalue weighted by Crippen LogP contribution is 2.41. The molecule has 2 heterocycles. The first-order chi connectivity index (χ1) is 10.1. The summed E-state index contributed by atoms with van der Waals surface area (Å²) in [4.78, 5) is 0.435. The highest BCUT2D eigenvalue weighted by molar-refractivity contribution is 7.89. The number of hydrogen-bond donors (Lipinski definition) is 0. The second kappa shape index (κ2) is 5.00. The Kier molecular flexibility index (Phi) is 3.36. The van der Waals surface area contributed by atoms with E-state index in [-0.39, 0.29) is 0 Å². The first kappa shape index (κ1) is 14.1. The van der Waals surface area contributed by atoms with Crippen molar-refractivity contribution in [2.75, 3.05) is 13.1 Å². The number of hydrogen-bond acceptors (Lipinski definition) is 2. The summed E-state index contributed by atoms with van der Waals surface area (Å²) in [5, 5.41) is 0. The van der Waals surface area contributed by atoms with Gasteiger partial charge >= 0.3 is 0 Å². The van der Waals surface area contributed by atoms with Crippen molar-refractivity contribution in [2.24, 2.45) is 11.8 Å². The maximum atomic E-state index is 12.9. The standard InChI is InChI=1S/C15H21ClN2O2S/c16-7-14-6-15(10-18(14)13-4-5-13)21(19,20)17-8-11-2-1-3-12(11)9-17/h6,10-13H,1-5,7-9H2. The Balaban J connectivity index is 1.62. The van der Waals surface area contributed by atoms with Crippen LogP contribution in [0.3, 0.4) is 0 Å². The number of aromatic nitrogens is 1. The van der Waals surface area contributed by atoms with Gasteiger partial charge in [0.1, 0.15) is 4.90 Å². The van der Waals surface area contributed by atoms with Crippen molar-refractivity contribution in [3.63, 3.8) is 0 Å². The smallest absolute Gasteiger partial charge is 0.244 e. The Bertz CT molecular complexity index is 639. The zero-order valence-electron chi connectivity index (χ0n) is 12.0. The fourth-order valence-corrected chi connectivity index (χ4v) is 5.80. The number of rotatable bonds is 4. The molecule has 0 amide bonds. The molecule has 1 saturated heterocycles. The van der Waals surface area contributed by atoms with Gasteiger partial charge in [0.05, 0.1) is 5.88 Å². The second-order valence-electron chi connectivity index (χ2n) is 6.71. The SMILES string of the molecule is O=S(=O)(c1cc(CCl)n(C2CC2)c1)N1CC2CCCC2C1. The normalized spacial score (nSPS) is 30.0. The van der Waals surface area contributed by atoms with Gasteiger partial charge < -0.3 is 4.57 Å². The quantitative estimate of drug-likeness (QED) is 0.797. The summed E-state index contributed by atoms with van der Waals surface area (Å²) in [6, 6.07) is 2.23. The minimum atomic E-state index is -3.34. The monoisotopic (exact) mass is 328 g/mol. The van der Waals surface area contributed by atoms with Crippen LogP contribution in [0.5, 0.6) is 0 Å². The van der Waals surface area contributed by atoms with Gasteiger partial charge in [-0.15, -0.1) is 11.6 Å². The minimum Gasteiger partial charge on any atom is -0.346 e. The molecule has 1 aromatic heterocycles. The predicted octanol–water partition coefficient (Wildman–Crippen LogP) is 2.98. The molecule has 4 rings (SSSR count). The first-order valence-electron chi connectivity index (χ1n) is 7.86. The average molecular weight is 329 g/mol. The van der Waals surface area contributed by atoms with E-state index in [2.05, 4.69) is 4.57 Å². The third kappa shape index (κ3) is 2.34. The third-order valence-corrected chi connectivity index (χ3v) is 7.39. The lowest BCUT2D eigenvalue weighted by atomic mass is 10.0. The minimum absolute atomic E-state index is 0.372. The van der Waals surface area contributed by atoms with Crippen LogP contribution in [0, 0.1) is 11.8 Å². The number of alkyl halides is 1. The fraction of sp³-hybridized carbons (Fsp3) is 0.733. The molecule has 1 aromatic rings. The summed E-state index contributed by atoms with van der Waals surface area (Å²) < 4.78 is 29.5. The van der Waals surface area contributed by atoms with Crippen molar-refractivity contribution in [1.29, 1.82) is 0 Å². The van der Waals surface area contributed by atoms with E-state index in [0.717, 1.165) is 18.5 Å². The largest absolute Gasteiger partial charge is 0.346 e. The molecule has 3 aliphatic rings. The van der Waals surface area contributed by atoms with E-state index in [1.165, 1.54) is 19.3 Å². The highest BCUT2D eigenvalue weighted by Gasteiger charge is 2.42. The maximum Gasteiger partial charge on any atom is 0.244 e. The summed E-state index contributed by atoms with van der Waals surface area (Å²) in [5.74, 6) is 1.53. The van der Waals surface area contributed by atoms with Crippen LogP contribution in [0.1, 0.15) is 43.8 Å². The van der Waals surface area contributed by atoms with Crippen LogP contribution >= 0.6 is 11.6 Å². The Morgan fingerprint density at radius 3 is 2.38 bits per heavy atom. The molecule has 2 unspecified atom stereocenters. The molecule has 6 heteroatoms. The van der Waals surface area contributed by atoms with Crippen molar-refractivity contribution in [2.45, 2.75) is 48.9 Å². The molecule has 1 aliphatic heterocycles. The molecular weight excluding hydrogens is 308 g/mol. The van der Waals surface area contributed by atoms with Crippen molar-refractivity contribution >= 4 is 21.6 Å². The Hall–Kier alpha value is -0.520. The van der Waals surface area contributed by atoms with Gasteiger partial charge in [0.15, 0.2) is 0 Å². The fourth-order valence-electron chi connectivity index (χ4n) is 3.97. The van der Waals surface area contributed by atoms with Crippen LogP contribution in [0.15, 0.2) is 17.2 Å². The topological polar surface area (TPSA) is 42.3 Å². The van der Waals surface area contributed by atoms with Crippen LogP contribution in [0.4, 0.5) is 0 Å². The summed E-state index contributed by atoms with van der Waals surface area (Å²) in [6.07, 6.45) is 7.70. The summed E-state index contributed by atoms with van der Waals surface area (Å²) in [5.41, 5.74) is 0.928. The second-order valence-corrected chi connectivity index (χ2v) is 8.92. The van der Waals surface area contributed by atoms with Crippen molar-refractivity contribution in [1.82, 2.24) is 8.87 Å². The van der Waals surface area contributed by atoms with E-state index in [1.807, 2.05) is 0 Å². The maximum absolute atomic E-state index is 12.9. The molecule has 0 spiro atoms. The highest BCUT2D eigenvalue weighted by atomic mass is 35.5. The zero-order valence-corrected chi connectivity index (χ0v) is 13.6. The van der Waals surface area contributed by atoms with Gasteiger partial charge in [-0.3, -0.25) is 0 Å². The van der Waals surface area contributed by atoms with Crippen LogP contribution < -0.4 is 0 Å². The van der Waals surface area contributed by atoms with E-state index in [0.29, 0.717) is 41.7 Å². The lowest BCUT2D eigenvalue weighted by molar-refractivity contribution is 0.445. The number of nitrogens with zero attached hydrogens (tertiary/aromatic N) is 2. The molecule has 0 radical (unpaired) electrons. The Morgan fingerprint density at radius 2 is 1.81 bits per heavy atom. The van der Waals surface area contributed by atoms with E-state index < -0.39 is 10.0 Å². The molecule has 3 fully saturated rings. The molecule has 2 atom stereocenters. The van der Waals surface area contributed by atoms with E-state index in [9.17, 15) is 8.42 Å². The van der Waals surface area contributed by atoms with Gasteiger partial charge in [-0.2, -0.15) is 4.31 Å². The molecule has 0 bridgehead atoms. The van der Waals surface area contributed by atoms with Crippen LogP contribution in [0.2, 0.25) is 0 Å². The number of sulfonamides is 1. The van der Waals surface area contributed by atoms with E-state index in [4.69, 9.17) is 11.6 Å². The van der Waals surface area contributed by atoms with Crippen molar-refractivity contribution < 1.29 is 8.42 Å². The van der Waals surface area contributed by atoms with Crippen LogP contribution in [-0.4, -0.2) is 30.4 Å². The lowest BCUT2D eigenvalue weighted by Crippen LogP contribution is -2.29. The number of fused-ring (bicyclic) bond motifs is 1. The molecule has 4 nitrogen and oxygen atoms in total. The summed E-state index contributed by atoms with van der Waals surface area (Å²) >= 11 is 5.98. The van der Waals surface area contributed by atoms with Crippen LogP contribution in [-0.2, 0) is 15.9 Å². The lowest BCUT2D eigenvalue weighted by Gasteiger charge is -2.16. The van der Waals surface area contributed by atoms with Gasteiger partial charge in [0.2, 0.25) is 10.0 Å². The van der Waals surface area contributed by atoms with Gasteiger partial charge in [0.25, 0.3) is 0 Å². The summed E-state index contributed by atoms with van der Waals surface area (Å²) in [6.45, 7) is 1.41. The molecule has 0 N–H and O–H groups in total. The molecule has 2 saturated carbocycles. The van der Waals surface area contributed by atoms with E-state index in [1.54, 1.807) is 16.6 Å². The number of halogens is 1. The molecule has 116 valence electrons. The molecule has 0 aromatic carbocycles. The third-order valence-electron chi connectivity index (χ3n) is 5.31. The first-order valence-corrected chi connectivity index (χ1v) is 9.84. The average Bonchev–Trinajstić information content (AvgIpc) is 2.90. The Morgan fingerprint density at radius 1 is 1.14 bits per heavy atom. The van der Waals surface area contributed by atoms with Gasteiger partial charge in [-0.05, 0) is 43.6 Å². The summed E-state index contributed by atoms with van der Waals surface area (Å²) in [7, 11) is -3.34. The zero-order chi connectivity index (χ0) is 14.6. The van der Waals surface area contributed by atoms with E-state index >= 15 is 0 Å². The van der Waals surface area contributed by atoms with Crippen LogP contribution in [0.25, 0.3) is 0 Å². The molecular formula is C15H21ClN2O2S. The van der Waals surface area contributed by atoms with Gasteiger partial charge in [-0.25, -0.2) is 8.42 Å². The van der Waals surface area contributed by atoms with Crippen molar-refractivity contribution in [3.05, 3.63) is 18.0 Å². The molecule has 21 heavy (non-hydrogen) atoms. The van der Waals surface area contributed by atoms with Crippen molar-refractivity contribution in [3.8, 4) is 0 Å². The Labute approximate surface area is 131 Å².